The molecule has 4 aromatic rings. The van der Waals surface area contributed by atoms with Crippen molar-refractivity contribution in [2.45, 2.75) is 19.1 Å². The zero-order valence-electron chi connectivity index (χ0n) is 17.4. The SMILES string of the molecule is NC(=O)[C@@H](Cc1cccc(OCc2ccccc2)c1)NC(=O)c1cnc2ccccc2c1. The molecule has 160 valence electrons. The number of benzene rings is 3. The molecule has 32 heavy (non-hydrogen) atoms. The summed E-state index contributed by atoms with van der Waals surface area (Å²) in [6, 6.07) is 25.7. The van der Waals surface area contributed by atoms with E-state index in [9.17, 15) is 9.59 Å². The summed E-state index contributed by atoms with van der Waals surface area (Å²) in [5.74, 6) is -0.328. The van der Waals surface area contributed by atoms with Crippen molar-refractivity contribution in [3.8, 4) is 5.75 Å². The molecule has 1 heterocycles. The summed E-state index contributed by atoms with van der Waals surface area (Å²) in [5, 5.41) is 3.58. The Morgan fingerprint density at radius 3 is 2.47 bits per heavy atom. The Labute approximate surface area is 186 Å². The van der Waals surface area contributed by atoms with Crippen LogP contribution in [0.15, 0.2) is 91.1 Å². The maximum absolute atomic E-state index is 12.7. The van der Waals surface area contributed by atoms with E-state index in [1.807, 2.05) is 78.9 Å². The van der Waals surface area contributed by atoms with Gasteiger partial charge in [0.15, 0.2) is 0 Å². The van der Waals surface area contributed by atoms with E-state index in [0.29, 0.717) is 17.9 Å². The van der Waals surface area contributed by atoms with Gasteiger partial charge in [-0.2, -0.15) is 0 Å². The smallest absolute Gasteiger partial charge is 0.253 e. The fraction of sp³-hybridized carbons (Fsp3) is 0.115. The molecule has 0 radical (unpaired) electrons. The van der Waals surface area contributed by atoms with Crippen molar-refractivity contribution in [3.05, 3.63) is 108 Å². The van der Waals surface area contributed by atoms with Gasteiger partial charge in [0.05, 0.1) is 11.1 Å². The highest BCUT2D eigenvalue weighted by Gasteiger charge is 2.20. The molecule has 6 heteroatoms. The molecular weight excluding hydrogens is 402 g/mol. The number of rotatable bonds is 8. The number of nitrogens with zero attached hydrogens (tertiary/aromatic N) is 1. The van der Waals surface area contributed by atoms with Gasteiger partial charge >= 0.3 is 0 Å². The van der Waals surface area contributed by atoms with Gasteiger partial charge in [0.1, 0.15) is 18.4 Å². The standard InChI is InChI=1S/C26H23N3O3/c27-25(30)24(29-26(31)21-15-20-10-4-5-12-23(20)28-16-21)14-19-9-6-11-22(13-19)32-17-18-7-2-1-3-8-18/h1-13,15-16,24H,14,17H2,(H2,27,30)(H,29,31)/t24-/m1/s1. The molecule has 0 saturated carbocycles. The number of aromatic nitrogens is 1. The van der Waals surface area contributed by atoms with Gasteiger partial charge in [0.25, 0.3) is 5.91 Å². The maximum Gasteiger partial charge on any atom is 0.253 e. The molecule has 3 aromatic carbocycles. The lowest BCUT2D eigenvalue weighted by molar-refractivity contribution is -0.119. The number of carbonyl (C=O) groups is 2. The van der Waals surface area contributed by atoms with Crippen molar-refractivity contribution in [3.63, 3.8) is 0 Å². The molecule has 1 atom stereocenters. The van der Waals surface area contributed by atoms with Crippen molar-refractivity contribution in [1.82, 2.24) is 10.3 Å². The Hall–Kier alpha value is -4.19. The third-order valence-corrected chi connectivity index (χ3v) is 5.09. The Bertz CT molecular complexity index is 1240. The van der Waals surface area contributed by atoms with Crippen LogP contribution in [0.25, 0.3) is 10.9 Å². The monoisotopic (exact) mass is 425 g/mol. The molecular formula is C26H23N3O3. The second kappa shape index (κ2) is 9.75. The van der Waals surface area contributed by atoms with Crippen molar-refractivity contribution in [2.24, 2.45) is 5.73 Å². The summed E-state index contributed by atoms with van der Waals surface area (Å²) in [5.41, 5.74) is 8.63. The van der Waals surface area contributed by atoms with E-state index >= 15 is 0 Å². The minimum Gasteiger partial charge on any atom is -0.489 e. The summed E-state index contributed by atoms with van der Waals surface area (Å²) in [6.07, 6.45) is 1.75. The van der Waals surface area contributed by atoms with E-state index in [1.54, 1.807) is 6.07 Å². The molecule has 0 bridgehead atoms. The minimum absolute atomic E-state index is 0.255. The number of ether oxygens (including phenoxy) is 1. The highest BCUT2D eigenvalue weighted by molar-refractivity contribution is 5.99. The first-order chi connectivity index (χ1) is 15.6. The number of hydrogen-bond donors (Lipinski definition) is 2. The van der Waals surface area contributed by atoms with Crippen LogP contribution in [0.3, 0.4) is 0 Å². The number of nitrogens with one attached hydrogen (secondary N) is 1. The second-order valence-corrected chi connectivity index (χ2v) is 7.47. The first-order valence-electron chi connectivity index (χ1n) is 10.3. The fourth-order valence-electron chi connectivity index (χ4n) is 3.40. The van der Waals surface area contributed by atoms with Gasteiger partial charge in [-0.3, -0.25) is 14.6 Å². The highest BCUT2D eigenvalue weighted by Crippen LogP contribution is 2.17. The van der Waals surface area contributed by atoms with E-state index in [4.69, 9.17) is 10.5 Å². The molecule has 0 saturated heterocycles. The van der Waals surface area contributed by atoms with E-state index in [-0.39, 0.29) is 6.42 Å². The Kier molecular flexibility index (Phi) is 6.41. The third-order valence-electron chi connectivity index (χ3n) is 5.09. The number of para-hydroxylation sites is 1. The van der Waals surface area contributed by atoms with Crippen LogP contribution >= 0.6 is 0 Å². The molecule has 3 N–H and O–H groups in total. The van der Waals surface area contributed by atoms with E-state index in [0.717, 1.165) is 22.0 Å². The number of amides is 2. The van der Waals surface area contributed by atoms with Crippen molar-refractivity contribution in [1.29, 1.82) is 0 Å². The zero-order chi connectivity index (χ0) is 22.3. The summed E-state index contributed by atoms with van der Waals surface area (Å²) in [7, 11) is 0. The molecule has 0 aliphatic carbocycles. The zero-order valence-corrected chi connectivity index (χ0v) is 17.4. The van der Waals surface area contributed by atoms with Crippen LogP contribution in [0.2, 0.25) is 0 Å². The molecule has 6 nitrogen and oxygen atoms in total. The van der Waals surface area contributed by atoms with Gasteiger partial charge in [-0.05, 0) is 35.4 Å². The number of hydrogen-bond acceptors (Lipinski definition) is 4. The first kappa shape index (κ1) is 21.1. The topological polar surface area (TPSA) is 94.3 Å². The van der Waals surface area contributed by atoms with Crippen LogP contribution in [-0.2, 0) is 17.8 Å². The summed E-state index contributed by atoms with van der Waals surface area (Å²) in [4.78, 5) is 29.1. The average molecular weight is 425 g/mol. The van der Waals surface area contributed by atoms with Crippen molar-refractivity contribution < 1.29 is 14.3 Å². The Balaban J connectivity index is 1.43. The minimum atomic E-state index is -0.863. The number of primary amides is 1. The quantitative estimate of drug-likeness (QED) is 0.451. The van der Waals surface area contributed by atoms with Crippen LogP contribution in [-0.4, -0.2) is 22.8 Å². The second-order valence-electron chi connectivity index (χ2n) is 7.47. The van der Waals surface area contributed by atoms with Gasteiger partial charge in [-0.15, -0.1) is 0 Å². The fourth-order valence-corrected chi connectivity index (χ4v) is 3.40. The predicted octanol–water partition coefficient (Wildman–Crippen LogP) is 3.64. The largest absolute Gasteiger partial charge is 0.489 e. The molecule has 0 unspecified atom stereocenters. The van der Waals surface area contributed by atoms with Crippen LogP contribution < -0.4 is 15.8 Å². The molecule has 2 amide bonds. The molecule has 4 rings (SSSR count). The van der Waals surface area contributed by atoms with Crippen molar-refractivity contribution in [2.75, 3.05) is 0 Å². The van der Waals surface area contributed by atoms with E-state index < -0.39 is 17.9 Å². The van der Waals surface area contributed by atoms with Gasteiger partial charge < -0.3 is 15.8 Å². The number of pyridine rings is 1. The Morgan fingerprint density at radius 1 is 0.906 bits per heavy atom. The summed E-state index contributed by atoms with van der Waals surface area (Å²) < 4.78 is 5.85. The average Bonchev–Trinajstić information content (AvgIpc) is 2.83. The molecule has 1 aromatic heterocycles. The Morgan fingerprint density at radius 2 is 1.66 bits per heavy atom. The lowest BCUT2D eigenvalue weighted by Gasteiger charge is -2.16. The predicted molar refractivity (Wildman–Crippen MR) is 123 cm³/mol. The van der Waals surface area contributed by atoms with Crippen LogP contribution in [0, 0.1) is 0 Å². The first-order valence-corrected chi connectivity index (χ1v) is 10.3. The number of nitrogens with two attached hydrogens (primary N) is 1. The summed E-state index contributed by atoms with van der Waals surface area (Å²) in [6.45, 7) is 0.440. The molecule has 0 spiro atoms. The van der Waals surface area contributed by atoms with Crippen molar-refractivity contribution >= 4 is 22.7 Å². The van der Waals surface area contributed by atoms with E-state index in [1.165, 1.54) is 6.20 Å². The van der Waals surface area contributed by atoms with Crippen LogP contribution in [0.1, 0.15) is 21.5 Å². The van der Waals surface area contributed by atoms with E-state index in [2.05, 4.69) is 10.3 Å². The molecule has 0 aliphatic rings. The summed E-state index contributed by atoms with van der Waals surface area (Å²) >= 11 is 0. The van der Waals surface area contributed by atoms with Gasteiger partial charge in [-0.25, -0.2) is 0 Å². The van der Waals surface area contributed by atoms with Crippen LogP contribution in [0.4, 0.5) is 0 Å². The van der Waals surface area contributed by atoms with Crippen LogP contribution in [0.5, 0.6) is 5.75 Å². The lowest BCUT2D eigenvalue weighted by Crippen LogP contribution is -2.45. The van der Waals surface area contributed by atoms with Gasteiger partial charge in [0.2, 0.25) is 5.91 Å². The number of fused-ring (bicyclic) bond motifs is 1. The molecule has 0 aliphatic heterocycles. The molecule has 0 fully saturated rings. The lowest BCUT2D eigenvalue weighted by atomic mass is 10.0. The normalized spacial score (nSPS) is 11.6. The van der Waals surface area contributed by atoms with Gasteiger partial charge in [-0.1, -0.05) is 60.7 Å². The maximum atomic E-state index is 12.7. The third kappa shape index (κ3) is 5.29. The van der Waals surface area contributed by atoms with Gasteiger partial charge in [0, 0.05) is 18.0 Å². The highest BCUT2D eigenvalue weighted by atomic mass is 16.5. The number of carbonyl (C=O) groups excluding carboxylic acids is 2.